The van der Waals surface area contributed by atoms with Gasteiger partial charge in [0.1, 0.15) is 0 Å². The van der Waals surface area contributed by atoms with Gasteiger partial charge < -0.3 is 4.90 Å². The van der Waals surface area contributed by atoms with Gasteiger partial charge in [0.2, 0.25) is 11.8 Å². The van der Waals surface area contributed by atoms with Crippen LogP contribution in [0.1, 0.15) is 31.7 Å². The predicted molar refractivity (Wildman–Crippen MR) is 130 cm³/mol. The van der Waals surface area contributed by atoms with Crippen molar-refractivity contribution < 1.29 is 9.59 Å². The van der Waals surface area contributed by atoms with E-state index in [1.807, 2.05) is 70.6 Å². The minimum atomic E-state index is -0.181. The number of carbonyl (C=O) groups is 2. The maximum atomic E-state index is 13.7. The van der Waals surface area contributed by atoms with Crippen molar-refractivity contribution >= 4 is 28.3 Å². The first-order valence-electron chi connectivity index (χ1n) is 11.3. The van der Waals surface area contributed by atoms with Gasteiger partial charge in [-0.1, -0.05) is 67.6 Å². The molecule has 2 aromatic carbocycles. The van der Waals surface area contributed by atoms with Crippen LogP contribution < -0.4 is 4.90 Å². The second-order valence-corrected chi connectivity index (χ2v) is 8.98. The van der Waals surface area contributed by atoms with Crippen LogP contribution in [0.25, 0.3) is 11.3 Å². The smallest absolute Gasteiger partial charge is 0.233 e. The van der Waals surface area contributed by atoms with E-state index in [0.29, 0.717) is 19.5 Å². The number of hydrogen-bond donors (Lipinski definition) is 0. The van der Waals surface area contributed by atoms with Crippen molar-refractivity contribution in [3.05, 3.63) is 71.6 Å². The van der Waals surface area contributed by atoms with Gasteiger partial charge in [0.05, 0.1) is 11.6 Å². The highest BCUT2D eigenvalue weighted by Gasteiger charge is 2.32. The number of nitrogens with zero attached hydrogens (tertiary/aromatic N) is 3. The Morgan fingerprint density at radius 1 is 1.09 bits per heavy atom. The van der Waals surface area contributed by atoms with Crippen molar-refractivity contribution in [1.29, 1.82) is 0 Å². The van der Waals surface area contributed by atoms with Gasteiger partial charge in [-0.2, -0.15) is 0 Å². The molecule has 1 aliphatic heterocycles. The van der Waals surface area contributed by atoms with Crippen molar-refractivity contribution in [3.63, 3.8) is 0 Å². The molecule has 0 N–H and O–H groups in total. The summed E-state index contributed by atoms with van der Waals surface area (Å²) in [5.74, 6) is 0.0153. The van der Waals surface area contributed by atoms with Gasteiger partial charge in [-0.05, 0) is 24.8 Å². The fraction of sp³-hybridized carbons (Fsp3) is 0.346. The molecule has 2 amide bonds. The van der Waals surface area contributed by atoms with Gasteiger partial charge in [-0.3, -0.25) is 14.5 Å². The zero-order chi connectivity index (χ0) is 22.3. The minimum Gasteiger partial charge on any atom is -0.342 e. The molecule has 0 aliphatic carbocycles. The summed E-state index contributed by atoms with van der Waals surface area (Å²) in [6.07, 6.45) is 2.91. The lowest BCUT2D eigenvalue weighted by atomic mass is 9.96. The topological polar surface area (TPSA) is 53.5 Å². The number of anilines is 1. The van der Waals surface area contributed by atoms with Crippen LogP contribution in [0.4, 0.5) is 5.13 Å². The summed E-state index contributed by atoms with van der Waals surface area (Å²) >= 11 is 1.50. The molecule has 1 unspecified atom stereocenters. The normalized spacial score (nSPS) is 16.0. The first kappa shape index (κ1) is 22.2. The lowest BCUT2D eigenvalue weighted by molar-refractivity contribution is -0.134. The van der Waals surface area contributed by atoms with Crippen molar-refractivity contribution in [2.24, 2.45) is 5.92 Å². The number of piperidine rings is 1. The molecule has 0 bridgehead atoms. The van der Waals surface area contributed by atoms with Crippen LogP contribution in [0.2, 0.25) is 0 Å². The second-order valence-electron chi connectivity index (χ2n) is 8.14. The Hall–Kier alpha value is -2.99. The molecule has 3 aromatic rings. The molecule has 5 nitrogen and oxygen atoms in total. The maximum Gasteiger partial charge on any atom is 0.233 e. The summed E-state index contributed by atoms with van der Waals surface area (Å²) in [6.45, 7) is 3.70. The van der Waals surface area contributed by atoms with E-state index in [4.69, 9.17) is 4.98 Å². The number of hydrogen-bond acceptors (Lipinski definition) is 4. The van der Waals surface area contributed by atoms with Crippen LogP contribution in [0, 0.1) is 5.92 Å². The summed E-state index contributed by atoms with van der Waals surface area (Å²) in [5, 5.41) is 2.74. The Kier molecular flexibility index (Phi) is 7.32. The van der Waals surface area contributed by atoms with Gasteiger partial charge >= 0.3 is 0 Å². The molecule has 1 aromatic heterocycles. The summed E-state index contributed by atoms with van der Waals surface area (Å²) in [5.41, 5.74) is 3.12. The van der Waals surface area contributed by atoms with Crippen LogP contribution in [0.3, 0.4) is 0 Å². The Labute approximate surface area is 193 Å². The lowest BCUT2D eigenvalue weighted by Gasteiger charge is -2.34. The van der Waals surface area contributed by atoms with E-state index in [1.165, 1.54) is 16.9 Å². The zero-order valence-electron chi connectivity index (χ0n) is 18.4. The van der Waals surface area contributed by atoms with Crippen molar-refractivity contribution in [1.82, 2.24) is 9.88 Å². The van der Waals surface area contributed by atoms with Gasteiger partial charge in [0, 0.05) is 37.0 Å². The molecular formula is C26H29N3O2S. The Bertz CT molecular complexity index is 1040. The van der Waals surface area contributed by atoms with E-state index in [2.05, 4.69) is 12.1 Å². The molecule has 166 valence electrons. The number of carbonyl (C=O) groups excluding carboxylic acids is 2. The summed E-state index contributed by atoms with van der Waals surface area (Å²) in [4.78, 5) is 34.4. The second kappa shape index (κ2) is 10.6. The third-order valence-electron chi connectivity index (χ3n) is 5.95. The van der Waals surface area contributed by atoms with E-state index in [9.17, 15) is 9.59 Å². The highest BCUT2D eigenvalue weighted by molar-refractivity contribution is 7.14. The molecule has 0 saturated carbocycles. The number of likely N-dealkylation sites (tertiary alicyclic amines) is 1. The van der Waals surface area contributed by atoms with Crippen LogP contribution in [-0.4, -0.2) is 41.3 Å². The van der Waals surface area contributed by atoms with E-state index in [1.54, 1.807) is 0 Å². The predicted octanol–water partition coefficient (Wildman–Crippen LogP) is 5.03. The van der Waals surface area contributed by atoms with Crippen LogP contribution >= 0.6 is 11.3 Å². The van der Waals surface area contributed by atoms with E-state index in [-0.39, 0.29) is 17.7 Å². The Morgan fingerprint density at radius 2 is 1.81 bits per heavy atom. The van der Waals surface area contributed by atoms with Gasteiger partial charge in [0.25, 0.3) is 0 Å². The highest BCUT2D eigenvalue weighted by Crippen LogP contribution is 2.30. The standard InChI is InChI=1S/C26H29N3O2S/c1-2-24(30)28-16-9-14-22(18-28)25(31)29(17-15-20-10-5-3-6-11-20)26-27-23(19-32-26)21-12-7-4-8-13-21/h3-8,10-13,19,22H,2,9,14-18H2,1H3. The SMILES string of the molecule is CCC(=O)N1CCCC(C(=O)N(CCc2ccccc2)c2nc(-c3ccccc3)cs2)C1. The molecule has 2 heterocycles. The van der Waals surface area contributed by atoms with Gasteiger partial charge in [0.15, 0.2) is 5.13 Å². The van der Waals surface area contributed by atoms with Crippen LogP contribution in [-0.2, 0) is 16.0 Å². The fourth-order valence-corrected chi connectivity index (χ4v) is 5.03. The van der Waals surface area contributed by atoms with Crippen molar-refractivity contribution in [2.45, 2.75) is 32.6 Å². The third kappa shape index (κ3) is 5.25. The Balaban J connectivity index is 1.57. The minimum absolute atomic E-state index is 0.0727. The van der Waals surface area contributed by atoms with Crippen LogP contribution in [0.15, 0.2) is 66.0 Å². The quantitative estimate of drug-likeness (QED) is 0.510. The number of aromatic nitrogens is 1. The summed E-state index contributed by atoms with van der Waals surface area (Å²) in [7, 11) is 0. The first-order valence-corrected chi connectivity index (χ1v) is 12.2. The molecule has 4 rings (SSSR count). The molecule has 0 spiro atoms. The van der Waals surface area contributed by atoms with Gasteiger partial charge in [-0.15, -0.1) is 11.3 Å². The number of amides is 2. The summed E-state index contributed by atoms with van der Waals surface area (Å²) < 4.78 is 0. The third-order valence-corrected chi connectivity index (χ3v) is 6.81. The maximum absolute atomic E-state index is 13.7. The zero-order valence-corrected chi connectivity index (χ0v) is 19.3. The van der Waals surface area contributed by atoms with Gasteiger partial charge in [-0.25, -0.2) is 4.98 Å². The molecule has 1 fully saturated rings. The largest absolute Gasteiger partial charge is 0.342 e. The van der Waals surface area contributed by atoms with Crippen molar-refractivity contribution in [3.8, 4) is 11.3 Å². The number of thiazole rings is 1. The molecule has 0 radical (unpaired) electrons. The first-order chi connectivity index (χ1) is 15.7. The molecular weight excluding hydrogens is 418 g/mol. The van der Waals surface area contributed by atoms with E-state index < -0.39 is 0 Å². The van der Waals surface area contributed by atoms with E-state index in [0.717, 1.165) is 42.2 Å². The highest BCUT2D eigenvalue weighted by atomic mass is 32.1. The molecule has 6 heteroatoms. The molecule has 1 aliphatic rings. The average Bonchev–Trinajstić information content (AvgIpc) is 3.35. The molecule has 32 heavy (non-hydrogen) atoms. The Morgan fingerprint density at radius 3 is 2.53 bits per heavy atom. The molecule has 1 atom stereocenters. The fourth-order valence-electron chi connectivity index (χ4n) is 4.16. The number of benzene rings is 2. The van der Waals surface area contributed by atoms with E-state index >= 15 is 0 Å². The lowest BCUT2D eigenvalue weighted by Crippen LogP contribution is -2.47. The van der Waals surface area contributed by atoms with Crippen LogP contribution in [0.5, 0.6) is 0 Å². The van der Waals surface area contributed by atoms with Crippen molar-refractivity contribution in [2.75, 3.05) is 24.5 Å². The average molecular weight is 448 g/mol. The monoisotopic (exact) mass is 447 g/mol. The molecule has 1 saturated heterocycles. The number of rotatable bonds is 7. The summed E-state index contributed by atoms with van der Waals surface area (Å²) in [6, 6.07) is 20.3.